The van der Waals surface area contributed by atoms with Crippen LogP contribution >= 0.6 is 11.6 Å². The van der Waals surface area contributed by atoms with Crippen molar-refractivity contribution < 1.29 is 27.8 Å². The SMILES string of the molecule is O=C(O)CN1CCC(c2cccc(OCCCN(Cc3cccc(C(F)(F)F)c3Cl)CC(c3ccccc3)c3ccccc3)c2)CC1. The summed E-state index contributed by atoms with van der Waals surface area (Å²) in [6.45, 7) is 3.44. The van der Waals surface area contributed by atoms with Crippen molar-refractivity contribution in [3.8, 4) is 5.75 Å². The molecule has 1 heterocycles. The first-order chi connectivity index (χ1) is 22.7. The number of piperidine rings is 1. The fourth-order valence-corrected chi connectivity index (χ4v) is 6.67. The van der Waals surface area contributed by atoms with Gasteiger partial charge in [-0.1, -0.05) is 96.5 Å². The monoisotopic (exact) mass is 664 g/mol. The second-order valence-electron chi connectivity index (χ2n) is 12.1. The molecule has 5 nitrogen and oxygen atoms in total. The van der Waals surface area contributed by atoms with E-state index >= 15 is 0 Å². The van der Waals surface area contributed by atoms with Crippen LogP contribution in [-0.2, 0) is 17.5 Å². The molecule has 0 aliphatic carbocycles. The van der Waals surface area contributed by atoms with Crippen molar-refractivity contribution in [1.29, 1.82) is 0 Å². The van der Waals surface area contributed by atoms with Crippen LogP contribution in [0.2, 0.25) is 5.02 Å². The topological polar surface area (TPSA) is 53.0 Å². The fourth-order valence-electron chi connectivity index (χ4n) is 6.38. The molecule has 0 aromatic heterocycles. The van der Waals surface area contributed by atoms with E-state index in [4.69, 9.17) is 21.4 Å². The lowest BCUT2D eigenvalue weighted by Gasteiger charge is -2.31. The summed E-state index contributed by atoms with van der Waals surface area (Å²) < 4.78 is 47.3. The minimum Gasteiger partial charge on any atom is -0.494 e. The van der Waals surface area contributed by atoms with Gasteiger partial charge in [0.05, 0.1) is 23.7 Å². The van der Waals surface area contributed by atoms with Crippen LogP contribution in [0, 0.1) is 0 Å². The number of hydrogen-bond donors (Lipinski definition) is 1. The zero-order valence-corrected chi connectivity index (χ0v) is 27.0. The highest BCUT2D eigenvalue weighted by molar-refractivity contribution is 6.32. The molecule has 0 saturated carbocycles. The van der Waals surface area contributed by atoms with Gasteiger partial charge in [-0.3, -0.25) is 14.6 Å². The Kier molecular flexibility index (Phi) is 12.0. The van der Waals surface area contributed by atoms with Crippen molar-refractivity contribution in [1.82, 2.24) is 9.80 Å². The zero-order valence-electron chi connectivity index (χ0n) is 26.2. The average molecular weight is 665 g/mol. The molecule has 4 aromatic rings. The molecule has 4 aromatic carbocycles. The minimum atomic E-state index is -4.54. The standard InChI is InChI=1S/C38H40ClF3N2O3/c39-37-32(15-8-17-35(37)38(40,41)42)25-44(26-34(29-10-3-1-4-11-29)30-12-5-2-6-13-30)20-9-23-47-33-16-7-14-31(24-33)28-18-21-43(22-19-28)27-36(45)46/h1-8,10-17,24,28,34H,9,18-23,25-27H2,(H,45,46). The third kappa shape index (κ3) is 9.83. The van der Waals surface area contributed by atoms with E-state index < -0.39 is 17.7 Å². The van der Waals surface area contributed by atoms with Crippen LogP contribution in [-0.4, -0.2) is 60.2 Å². The number of carboxylic acids is 1. The number of ether oxygens (including phenoxy) is 1. The van der Waals surface area contributed by atoms with E-state index in [1.165, 1.54) is 11.6 Å². The molecule has 0 radical (unpaired) electrons. The molecular formula is C38H40ClF3N2O3. The van der Waals surface area contributed by atoms with Gasteiger partial charge in [0.25, 0.3) is 0 Å². The van der Waals surface area contributed by atoms with Crippen LogP contribution in [0.5, 0.6) is 5.75 Å². The maximum Gasteiger partial charge on any atom is 0.417 e. The van der Waals surface area contributed by atoms with Crippen molar-refractivity contribution >= 4 is 17.6 Å². The third-order valence-corrected chi connectivity index (χ3v) is 9.23. The van der Waals surface area contributed by atoms with Crippen LogP contribution in [0.15, 0.2) is 103 Å². The molecule has 0 bridgehead atoms. The van der Waals surface area contributed by atoms with E-state index in [9.17, 15) is 18.0 Å². The van der Waals surface area contributed by atoms with Gasteiger partial charge >= 0.3 is 12.1 Å². The van der Waals surface area contributed by atoms with Gasteiger partial charge in [0.1, 0.15) is 5.75 Å². The maximum absolute atomic E-state index is 13.7. The predicted octanol–water partition coefficient (Wildman–Crippen LogP) is 8.73. The normalized spacial score (nSPS) is 14.5. The Morgan fingerprint density at radius 2 is 1.55 bits per heavy atom. The van der Waals surface area contributed by atoms with Gasteiger partial charge < -0.3 is 9.84 Å². The van der Waals surface area contributed by atoms with Crippen molar-refractivity contribution in [3.63, 3.8) is 0 Å². The summed E-state index contributed by atoms with van der Waals surface area (Å²) in [5, 5.41) is 8.83. The number of nitrogens with zero attached hydrogens (tertiary/aromatic N) is 2. The molecule has 47 heavy (non-hydrogen) atoms. The summed E-state index contributed by atoms with van der Waals surface area (Å²) in [7, 11) is 0. The lowest BCUT2D eigenvalue weighted by Crippen LogP contribution is -2.36. The van der Waals surface area contributed by atoms with Crippen molar-refractivity contribution in [3.05, 3.63) is 136 Å². The number of benzene rings is 4. The van der Waals surface area contributed by atoms with E-state index in [2.05, 4.69) is 41.3 Å². The molecule has 1 saturated heterocycles. The number of alkyl halides is 3. The van der Waals surface area contributed by atoms with Gasteiger partial charge in [-0.25, -0.2) is 0 Å². The minimum absolute atomic E-state index is 0.00138. The second-order valence-corrected chi connectivity index (χ2v) is 12.5. The second kappa shape index (κ2) is 16.3. The summed E-state index contributed by atoms with van der Waals surface area (Å²) in [4.78, 5) is 15.2. The smallest absolute Gasteiger partial charge is 0.417 e. The molecule has 9 heteroatoms. The number of hydrogen-bond acceptors (Lipinski definition) is 4. The van der Waals surface area contributed by atoms with E-state index in [-0.39, 0.29) is 24.0 Å². The third-order valence-electron chi connectivity index (χ3n) is 8.79. The first kappa shape index (κ1) is 34.5. The Bertz CT molecular complexity index is 1540. The molecule has 5 rings (SSSR count). The summed E-state index contributed by atoms with van der Waals surface area (Å²) in [5.74, 6) is 0.325. The highest BCUT2D eigenvalue weighted by Crippen LogP contribution is 2.37. The van der Waals surface area contributed by atoms with Crippen LogP contribution in [0.25, 0.3) is 0 Å². The Hall–Kier alpha value is -3.85. The molecule has 1 fully saturated rings. The van der Waals surface area contributed by atoms with Crippen molar-refractivity contribution in [2.75, 3.05) is 39.3 Å². The molecule has 0 atom stereocenters. The average Bonchev–Trinajstić information content (AvgIpc) is 3.06. The van der Waals surface area contributed by atoms with Gasteiger partial charge in [0, 0.05) is 25.6 Å². The van der Waals surface area contributed by atoms with Crippen molar-refractivity contribution in [2.24, 2.45) is 0 Å². The molecule has 1 aliphatic heterocycles. The highest BCUT2D eigenvalue weighted by Gasteiger charge is 2.34. The molecule has 0 amide bonds. The van der Waals surface area contributed by atoms with E-state index in [1.54, 1.807) is 6.07 Å². The van der Waals surface area contributed by atoms with Crippen LogP contribution in [0.4, 0.5) is 13.2 Å². The van der Waals surface area contributed by atoms with Gasteiger partial charge in [0.15, 0.2) is 0 Å². The van der Waals surface area contributed by atoms with Crippen LogP contribution in [0.3, 0.4) is 0 Å². The van der Waals surface area contributed by atoms with Crippen LogP contribution < -0.4 is 4.74 Å². The summed E-state index contributed by atoms with van der Waals surface area (Å²) >= 11 is 6.36. The van der Waals surface area contributed by atoms with E-state index in [1.807, 2.05) is 53.4 Å². The Morgan fingerprint density at radius 3 is 2.17 bits per heavy atom. The number of likely N-dealkylation sites (tertiary alicyclic amines) is 1. The van der Waals surface area contributed by atoms with Crippen LogP contribution in [0.1, 0.15) is 58.9 Å². The summed E-state index contributed by atoms with van der Waals surface area (Å²) in [6, 6.07) is 32.5. The number of aliphatic carboxylic acids is 1. The first-order valence-electron chi connectivity index (χ1n) is 16.0. The zero-order chi connectivity index (χ0) is 33.2. The Balaban J connectivity index is 1.28. The molecule has 0 spiro atoms. The fraction of sp³-hybridized carbons (Fsp3) is 0.342. The lowest BCUT2D eigenvalue weighted by atomic mass is 9.89. The van der Waals surface area contributed by atoms with Gasteiger partial charge in [-0.2, -0.15) is 13.2 Å². The molecule has 1 N–H and O–H groups in total. The largest absolute Gasteiger partial charge is 0.494 e. The van der Waals surface area contributed by atoms with E-state index in [0.29, 0.717) is 37.6 Å². The number of carbonyl (C=O) groups is 1. The maximum atomic E-state index is 13.7. The molecular weight excluding hydrogens is 625 g/mol. The van der Waals surface area contributed by atoms with E-state index in [0.717, 1.165) is 48.9 Å². The van der Waals surface area contributed by atoms with Crippen molar-refractivity contribution in [2.45, 2.75) is 43.8 Å². The quantitative estimate of drug-likeness (QED) is 0.137. The first-order valence-corrected chi connectivity index (χ1v) is 16.4. The molecule has 248 valence electrons. The number of carboxylic acid groups (broad SMARTS) is 1. The lowest BCUT2D eigenvalue weighted by molar-refractivity contribution is -0.139. The Morgan fingerprint density at radius 1 is 0.915 bits per heavy atom. The summed E-state index contributed by atoms with van der Waals surface area (Å²) in [6.07, 6.45) is -2.08. The molecule has 1 aliphatic rings. The van der Waals surface area contributed by atoms with Gasteiger partial charge in [0.2, 0.25) is 0 Å². The predicted molar refractivity (Wildman–Crippen MR) is 179 cm³/mol. The summed E-state index contributed by atoms with van der Waals surface area (Å²) in [5.41, 5.74) is 3.05. The number of halogens is 4. The Labute approximate surface area is 279 Å². The molecule has 0 unspecified atom stereocenters. The number of rotatable bonds is 14. The van der Waals surface area contributed by atoms with Gasteiger partial charge in [-0.15, -0.1) is 0 Å². The van der Waals surface area contributed by atoms with Gasteiger partial charge in [-0.05, 0) is 78.7 Å². The highest BCUT2D eigenvalue weighted by atomic mass is 35.5.